The molecule has 1 amide bonds. The normalized spacial score (nSPS) is 26.6. The summed E-state index contributed by atoms with van der Waals surface area (Å²) < 4.78 is 0. The van der Waals surface area contributed by atoms with E-state index >= 15 is 0 Å². The first-order valence-electron chi connectivity index (χ1n) is 6.08. The third-order valence-corrected chi connectivity index (χ3v) is 4.20. The van der Waals surface area contributed by atoms with Gasteiger partial charge < -0.3 is 4.90 Å². The van der Waals surface area contributed by atoms with Gasteiger partial charge in [0.2, 0.25) is 0 Å². The van der Waals surface area contributed by atoms with Gasteiger partial charge in [0.15, 0.2) is 0 Å². The number of aromatic nitrogens is 1. The van der Waals surface area contributed by atoms with Gasteiger partial charge in [0.25, 0.3) is 5.91 Å². The molecule has 3 nitrogen and oxygen atoms in total. The number of amides is 1. The Morgan fingerprint density at radius 3 is 2.94 bits per heavy atom. The summed E-state index contributed by atoms with van der Waals surface area (Å²) in [4.78, 5) is 18.5. The number of hydrogen-bond acceptors (Lipinski definition) is 2. The summed E-state index contributed by atoms with van der Waals surface area (Å²) in [5.74, 6) is 0.760. The molecular weight excluding hydrogens is 236 g/mol. The minimum absolute atomic E-state index is 0.0506. The van der Waals surface area contributed by atoms with Crippen LogP contribution in [0.15, 0.2) is 12.3 Å². The van der Waals surface area contributed by atoms with E-state index in [0.29, 0.717) is 22.5 Å². The Kier molecular flexibility index (Phi) is 2.58. The Balaban J connectivity index is 1.87. The number of pyridine rings is 1. The Morgan fingerprint density at radius 1 is 1.53 bits per heavy atom. The smallest absolute Gasteiger partial charge is 0.257 e. The highest BCUT2D eigenvalue weighted by molar-refractivity contribution is 6.33. The molecule has 0 radical (unpaired) electrons. The van der Waals surface area contributed by atoms with Crippen LogP contribution in [-0.4, -0.2) is 28.4 Å². The maximum atomic E-state index is 12.4. The highest BCUT2D eigenvalue weighted by atomic mass is 35.5. The van der Waals surface area contributed by atoms with Gasteiger partial charge >= 0.3 is 0 Å². The molecule has 1 aliphatic carbocycles. The SMILES string of the molecule is Cc1cc(Cl)c(C(=O)N2CC3CCC2C3)cn1. The molecule has 2 atom stereocenters. The summed E-state index contributed by atoms with van der Waals surface area (Å²) >= 11 is 6.12. The lowest BCUT2D eigenvalue weighted by Crippen LogP contribution is -2.37. The number of carbonyl (C=O) groups excluding carboxylic acids is 1. The lowest BCUT2D eigenvalue weighted by Gasteiger charge is -2.27. The second-order valence-corrected chi connectivity index (χ2v) is 5.50. The van der Waals surface area contributed by atoms with Crippen LogP contribution in [0.2, 0.25) is 5.02 Å². The number of hydrogen-bond donors (Lipinski definition) is 0. The minimum Gasteiger partial charge on any atom is -0.335 e. The van der Waals surface area contributed by atoms with Gasteiger partial charge in [-0.1, -0.05) is 11.6 Å². The summed E-state index contributed by atoms with van der Waals surface area (Å²) in [6, 6.07) is 2.19. The van der Waals surface area contributed by atoms with Crippen molar-refractivity contribution in [2.45, 2.75) is 32.2 Å². The molecule has 1 aromatic heterocycles. The van der Waals surface area contributed by atoms with Gasteiger partial charge in [0.1, 0.15) is 0 Å². The molecule has 17 heavy (non-hydrogen) atoms. The van der Waals surface area contributed by atoms with E-state index in [9.17, 15) is 4.79 Å². The standard InChI is InChI=1S/C13H15ClN2O/c1-8-4-12(14)11(6-15-8)13(17)16-7-9-2-3-10(16)5-9/h4,6,9-10H,2-3,5,7H2,1H3. The maximum absolute atomic E-state index is 12.4. The van der Waals surface area contributed by atoms with Crippen LogP contribution in [-0.2, 0) is 0 Å². The fourth-order valence-corrected chi connectivity index (χ4v) is 3.30. The van der Waals surface area contributed by atoms with Crippen molar-refractivity contribution in [3.63, 3.8) is 0 Å². The van der Waals surface area contributed by atoms with Crippen molar-refractivity contribution in [1.29, 1.82) is 0 Å². The zero-order valence-electron chi connectivity index (χ0n) is 9.82. The van der Waals surface area contributed by atoms with E-state index in [1.165, 1.54) is 12.8 Å². The van der Waals surface area contributed by atoms with Crippen LogP contribution in [0.4, 0.5) is 0 Å². The molecule has 4 heteroatoms. The number of fused-ring (bicyclic) bond motifs is 2. The third kappa shape index (κ3) is 1.82. The van der Waals surface area contributed by atoms with Crippen LogP contribution in [0.5, 0.6) is 0 Å². The van der Waals surface area contributed by atoms with Crippen molar-refractivity contribution in [3.8, 4) is 0 Å². The first-order valence-corrected chi connectivity index (χ1v) is 6.46. The molecule has 1 saturated carbocycles. The number of aryl methyl sites for hydroxylation is 1. The number of rotatable bonds is 1. The topological polar surface area (TPSA) is 33.2 Å². The molecular formula is C13H15ClN2O. The molecule has 1 saturated heterocycles. The highest BCUT2D eigenvalue weighted by Crippen LogP contribution is 2.38. The maximum Gasteiger partial charge on any atom is 0.257 e. The average Bonchev–Trinajstić information content (AvgIpc) is 2.89. The van der Waals surface area contributed by atoms with Crippen LogP contribution in [0.25, 0.3) is 0 Å². The van der Waals surface area contributed by atoms with Gasteiger partial charge in [0, 0.05) is 24.5 Å². The van der Waals surface area contributed by atoms with Crippen molar-refractivity contribution in [1.82, 2.24) is 9.88 Å². The summed E-state index contributed by atoms with van der Waals surface area (Å²) in [6.45, 7) is 2.77. The van der Waals surface area contributed by atoms with Crippen molar-refractivity contribution in [3.05, 3.63) is 28.5 Å². The van der Waals surface area contributed by atoms with Crippen molar-refractivity contribution >= 4 is 17.5 Å². The van der Waals surface area contributed by atoms with Gasteiger partial charge in [-0.3, -0.25) is 9.78 Å². The number of halogens is 1. The minimum atomic E-state index is 0.0506. The molecule has 2 unspecified atom stereocenters. The molecule has 0 N–H and O–H groups in total. The summed E-state index contributed by atoms with van der Waals surface area (Å²) in [5, 5.41) is 0.519. The molecule has 90 valence electrons. The van der Waals surface area contributed by atoms with Crippen molar-refractivity contribution in [2.75, 3.05) is 6.54 Å². The molecule has 0 aromatic carbocycles. The van der Waals surface area contributed by atoms with Gasteiger partial charge in [-0.15, -0.1) is 0 Å². The Hall–Kier alpha value is -1.09. The zero-order valence-corrected chi connectivity index (χ0v) is 10.6. The van der Waals surface area contributed by atoms with Crippen LogP contribution >= 0.6 is 11.6 Å². The van der Waals surface area contributed by atoms with E-state index in [2.05, 4.69) is 4.98 Å². The van der Waals surface area contributed by atoms with Crippen LogP contribution in [0, 0.1) is 12.8 Å². The van der Waals surface area contributed by atoms with E-state index in [4.69, 9.17) is 11.6 Å². The van der Waals surface area contributed by atoms with Gasteiger partial charge in [0.05, 0.1) is 10.6 Å². The molecule has 3 rings (SSSR count). The lowest BCUT2D eigenvalue weighted by molar-refractivity contribution is 0.0703. The van der Waals surface area contributed by atoms with E-state index in [-0.39, 0.29) is 5.91 Å². The van der Waals surface area contributed by atoms with Crippen LogP contribution in [0.1, 0.15) is 35.3 Å². The number of piperidine rings is 1. The van der Waals surface area contributed by atoms with E-state index in [0.717, 1.165) is 18.7 Å². The Morgan fingerprint density at radius 2 is 2.35 bits per heavy atom. The van der Waals surface area contributed by atoms with Crippen LogP contribution < -0.4 is 0 Å². The molecule has 1 aliphatic heterocycles. The van der Waals surface area contributed by atoms with Gasteiger partial charge in [-0.2, -0.15) is 0 Å². The van der Waals surface area contributed by atoms with E-state index in [1.807, 2.05) is 11.8 Å². The molecule has 2 fully saturated rings. The molecule has 1 aromatic rings. The Bertz CT molecular complexity index is 474. The quantitative estimate of drug-likeness (QED) is 0.768. The van der Waals surface area contributed by atoms with Gasteiger partial charge in [-0.05, 0) is 38.2 Å². The third-order valence-electron chi connectivity index (χ3n) is 3.89. The number of carbonyl (C=O) groups is 1. The highest BCUT2D eigenvalue weighted by Gasteiger charge is 2.40. The first kappa shape index (κ1) is 11.0. The fraction of sp³-hybridized carbons (Fsp3) is 0.538. The largest absolute Gasteiger partial charge is 0.335 e. The molecule has 0 spiro atoms. The fourth-order valence-electron chi connectivity index (χ4n) is 3.01. The number of likely N-dealkylation sites (tertiary alicyclic amines) is 1. The Labute approximate surface area is 106 Å². The molecule has 2 aliphatic rings. The van der Waals surface area contributed by atoms with E-state index in [1.54, 1.807) is 12.3 Å². The second-order valence-electron chi connectivity index (χ2n) is 5.10. The van der Waals surface area contributed by atoms with Gasteiger partial charge in [-0.25, -0.2) is 0 Å². The second kappa shape index (κ2) is 3.98. The summed E-state index contributed by atoms with van der Waals surface area (Å²) in [7, 11) is 0. The molecule has 2 bridgehead atoms. The first-order chi connectivity index (χ1) is 8.15. The zero-order chi connectivity index (χ0) is 12.0. The molecule has 2 heterocycles. The average molecular weight is 251 g/mol. The summed E-state index contributed by atoms with van der Waals surface area (Å²) in [5.41, 5.74) is 1.39. The predicted molar refractivity (Wildman–Crippen MR) is 66.1 cm³/mol. The predicted octanol–water partition coefficient (Wildman–Crippen LogP) is 2.67. The van der Waals surface area contributed by atoms with Crippen molar-refractivity contribution < 1.29 is 4.79 Å². The number of nitrogens with zero attached hydrogens (tertiary/aromatic N) is 2. The van der Waals surface area contributed by atoms with Crippen molar-refractivity contribution in [2.24, 2.45) is 5.92 Å². The van der Waals surface area contributed by atoms with E-state index < -0.39 is 0 Å². The lowest BCUT2D eigenvalue weighted by atomic mass is 10.1. The van der Waals surface area contributed by atoms with Crippen LogP contribution in [0.3, 0.4) is 0 Å². The monoisotopic (exact) mass is 250 g/mol. The summed E-state index contributed by atoms with van der Waals surface area (Å²) in [6.07, 6.45) is 5.19.